The molecule has 1 unspecified atom stereocenters. The lowest BCUT2D eigenvalue weighted by molar-refractivity contribution is -0.138. The molecular weight excluding hydrogens is 160 g/mol. The minimum atomic E-state index is -1.02. The lowest BCUT2D eigenvalue weighted by atomic mass is 10.1. The maximum Gasteiger partial charge on any atom is 0.315 e. The van der Waals surface area contributed by atoms with Gasteiger partial charge in [-0.25, -0.2) is 15.0 Å². The summed E-state index contributed by atoms with van der Waals surface area (Å²) in [5.74, 6) is -1.67. The summed E-state index contributed by atoms with van der Waals surface area (Å²) in [4.78, 5) is 21.5. The summed E-state index contributed by atoms with van der Waals surface area (Å²) in [5.41, 5.74) is 5.22. The van der Waals surface area contributed by atoms with Gasteiger partial charge in [-0.15, -0.1) is 0 Å². The Labute approximate surface area is 68.5 Å². The second-order valence-electron chi connectivity index (χ2n) is 2.12. The Balaban J connectivity index is 2.88. The average Bonchev–Trinajstić information content (AvgIpc) is 2.07. The molecule has 0 radical (unpaired) electrons. The first-order chi connectivity index (χ1) is 5.75. The molecule has 1 rings (SSSR count). The number of hydrogen-bond donors (Lipinski definition) is 2. The number of nitrogens with two attached hydrogens (primary N) is 1. The van der Waals surface area contributed by atoms with Gasteiger partial charge in [-0.05, 0) is 0 Å². The first kappa shape index (κ1) is 8.54. The molecule has 64 valence electrons. The molecule has 0 aliphatic rings. The van der Waals surface area contributed by atoms with E-state index in [1.807, 2.05) is 0 Å². The Morgan fingerprint density at radius 1 is 1.58 bits per heavy atom. The molecule has 1 aromatic heterocycles. The van der Waals surface area contributed by atoms with Crippen LogP contribution in [0.3, 0.4) is 0 Å². The summed E-state index contributed by atoms with van der Waals surface area (Å²) >= 11 is 0. The largest absolute Gasteiger partial charge is 0.481 e. The van der Waals surface area contributed by atoms with Crippen LogP contribution >= 0.6 is 0 Å². The predicted octanol–water partition coefficient (Wildman–Crippen LogP) is -1.00. The molecule has 1 aromatic rings. The van der Waals surface area contributed by atoms with Crippen molar-refractivity contribution in [3.8, 4) is 0 Å². The number of carboxylic acid groups (broad SMARTS) is 1. The molecule has 0 saturated heterocycles. The zero-order chi connectivity index (χ0) is 8.97. The highest BCUT2D eigenvalue weighted by atomic mass is 16.4. The van der Waals surface area contributed by atoms with Gasteiger partial charge in [-0.3, -0.25) is 4.79 Å². The highest BCUT2D eigenvalue weighted by Gasteiger charge is 2.20. The van der Waals surface area contributed by atoms with Gasteiger partial charge in [-0.1, -0.05) is 0 Å². The third kappa shape index (κ3) is 1.73. The van der Waals surface area contributed by atoms with Gasteiger partial charge < -0.3 is 10.8 Å². The van der Waals surface area contributed by atoms with E-state index in [1.165, 1.54) is 12.7 Å². The van der Waals surface area contributed by atoms with Gasteiger partial charge in [0.05, 0.1) is 0 Å². The minimum Gasteiger partial charge on any atom is -0.481 e. The molecule has 0 spiro atoms. The molecule has 12 heavy (non-hydrogen) atoms. The molecule has 3 N–H and O–H groups in total. The fourth-order valence-electron chi connectivity index (χ4n) is 0.745. The van der Waals surface area contributed by atoms with Gasteiger partial charge in [0, 0.05) is 6.54 Å². The summed E-state index contributed by atoms with van der Waals surface area (Å²) < 4.78 is 0. The third-order valence-corrected chi connectivity index (χ3v) is 1.36. The zero-order valence-corrected chi connectivity index (χ0v) is 6.21. The number of carbonyl (C=O) groups is 1. The van der Waals surface area contributed by atoms with Gasteiger partial charge in [0.2, 0.25) is 0 Å². The van der Waals surface area contributed by atoms with Crippen LogP contribution in [0.5, 0.6) is 0 Å². The lowest BCUT2D eigenvalue weighted by Gasteiger charge is -2.05. The summed E-state index contributed by atoms with van der Waals surface area (Å²) in [6.45, 7) is -0.0145. The van der Waals surface area contributed by atoms with Gasteiger partial charge in [0.25, 0.3) is 0 Å². The smallest absolute Gasteiger partial charge is 0.315 e. The second-order valence-corrected chi connectivity index (χ2v) is 2.12. The monoisotopic (exact) mass is 168 g/mol. The van der Waals surface area contributed by atoms with Crippen LogP contribution < -0.4 is 5.73 Å². The molecule has 0 saturated carbocycles. The van der Waals surface area contributed by atoms with Crippen molar-refractivity contribution in [3.63, 3.8) is 0 Å². The van der Waals surface area contributed by atoms with E-state index in [0.717, 1.165) is 0 Å². The molecule has 6 heteroatoms. The quantitative estimate of drug-likeness (QED) is 0.600. The van der Waals surface area contributed by atoms with Crippen molar-refractivity contribution in [2.75, 3.05) is 6.54 Å². The van der Waals surface area contributed by atoms with E-state index in [2.05, 4.69) is 15.0 Å². The summed E-state index contributed by atoms with van der Waals surface area (Å²) in [7, 11) is 0. The predicted molar refractivity (Wildman–Crippen MR) is 39.3 cm³/mol. The van der Waals surface area contributed by atoms with Crippen LogP contribution in [0.2, 0.25) is 0 Å². The standard InChI is InChI=1S/C6H8N4O2/c7-1-4(6(11)12)5-9-2-8-3-10-5/h2-4H,1,7H2,(H,11,12). The fourth-order valence-corrected chi connectivity index (χ4v) is 0.745. The number of carboxylic acids is 1. The third-order valence-electron chi connectivity index (χ3n) is 1.36. The molecule has 1 atom stereocenters. The van der Waals surface area contributed by atoms with Crippen LogP contribution in [0.25, 0.3) is 0 Å². The molecule has 0 aromatic carbocycles. The Morgan fingerprint density at radius 2 is 2.17 bits per heavy atom. The van der Waals surface area contributed by atoms with Crippen LogP contribution in [-0.2, 0) is 4.79 Å². The van der Waals surface area contributed by atoms with Crippen molar-refractivity contribution >= 4 is 5.97 Å². The maximum atomic E-state index is 10.6. The number of aromatic nitrogens is 3. The molecule has 0 fully saturated rings. The molecule has 0 aliphatic heterocycles. The number of nitrogens with zero attached hydrogens (tertiary/aromatic N) is 3. The number of hydrogen-bond acceptors (Lipinski definition) is 5. The normalized spacial score (nSPS) is 12.4. The van der Waals surface area contributed by atoms with E-state index in [1.54, 1.807) is 0 Å². The highest BCUT2D eigenvalue weighted by Crippen LogP contribution is 2.06. The number of rotatable bonds is 3. The van der Waals surface area contributed by atoms with Crippen molar-refractivity contribution < 1.29 is 9.90 Å². The van der Waals surface area contributed by atoms with Crippen molar-refractivity contribution in [3.05, 3.63) is 18.5 Å². The molecule has 0 aliphatic carbocycles. The van der Waals surface area contributed by atoms with E-state index >= 15 is 0 Å². The number of aliphatic carboxylic acids is 1. The maximum absolute atomic E-state index is 10.6. The van der Waals surface area contributed by atoms with Crippen molar-refractivity contribution in [2.45, 2.75) is 5.92 Å². The second kappa shape index (κ2) is 3.72. The van der Waals surface area contributed by atoms with Crippen molar-refractivity contribution in [1.82, 2.24) is 15.0 Å². The van der Waals surface area contributed by atoms with Crippen molar-refractivity contribution in [2.24, 2.45) is 5.73 Å². The lowest BCUT2D eigenvalue weighted by Crippen LogP contribution is -2.23. The SMILES string of the molecule is NCC(C(=O)O)c1ncncn1. The van der Waals surface area contributed by atoms with Gasteiger partial charge in [-0.2, -0.15) is 0 Å². The summed E-state index contributed by atoms with van der Waals surface area (Å²) in [6.07, 6.45) is 2.49. The Bertz CT molecular complexity index is 264. The Kier molecular flexibility index (Phi) is 2.65. The van der Waals surface area contributed by atoms with E-state index in [4.69, 9.17) is 10.8 Å². The molecule has 1 heterocycles. The highest BCUT2D eigenvalue weighted by molar-refractivity contribution is 5.75. The Morgan fingerprint density at radius 3 is 2.58 bits per heavy atom. The van der Waals surface area contributed by atoms with E-state index in [0.29, 0.717) is 0 Å². The van der Waals surface area contributed by atoms with Gasteiger partial charge in [0.1, 0.15) is 24.4 Å². The van der Waals surface area contributed by atoms with Crippen LogP contribution in [0.4, 0.5) is 0 Å². The van der Waals surface area contributed by atoms with E-state index in [9.17, 15) is 4.79 Å². The van der Waals surface area contributed by atoms with Crippen LogP contribution in [0.15, 0.2) is 12.7 Å². The van der Waals surface area contributed by atoms with Crippen molar-refractivity contribution in [1.29, 1.82) is 0 Å². The topological polar surface area (TPSA) is 102 Å². The van der Waals surface area contributed by atoms with Crippen LogP contribution in [-0.4, -0.2) is 32.6 Å². The molecule has 0 bridgehead atoms. The van der Waals surface area contributed by atoms with E-state index in [-0.39, 0.29) is 12.4 Å². The molecule has 0 amide bonds. The summed E-state index contributed by atoms with van der Waals surface area (Å²) in [5, 5.41) is 8.65. The molecule has 6 nitrogen and oxygen atoms in total. The first-order valence-corrected chi connectivity index (χ1v) is 3.30. The average molecular weight is 168 g/mol. The van der Waals surface area contributed by atoms with Crippen LogP contribution in [0.1, 0.15) is 11.7 Å². The van der Waals surface area contributed by atoms with Gasteiger partial charge >= 0.3 is 5.97 Å². The Hall–Kier alpha value is -1.56. The fraction of sp³-hybridized carbons (Fsp3) is 0.333. The minimum absolute atomic E-state index is 0.0145. The first-order valence-electron chi connectivity index (χ1n) is 3.30. The van der Waals surface area contributed by atoms with Gasteiger partial charge in [0.15, 0.2) is 0 Å². The summed E-state index contributed by atoms with van der Waals surface area (Å²) in [6, 6.07) is 0. The van der Waals surface area contributed by atoms with Crippen LogP contribution in [0, 0.1) is 0 Å². The zero-order valence-electron chi connectivity index (χ0n) is 6.21. The molecular formula is C6H8N4O2. The van der Waals surface area contributed by atoms with E-state index < -0.39 is 11.9 Å².